The number of aliphatic hydroxyl groups is 1. The predicted octanol–water partition coefficient (Wildman–Crippen LogP) is 4.50. The van der Waals surface area contributed by atoms with E-state index in [0.717, 1.165) is 25.7 Å². The Hall–Kier alpha value is -1.42. The molecule has 0 radical (unpaired) electrons. The third-order valence-corrected chi connectivity index (χ3v) is 10.2. The number of hydrogen-bond donors (Lipinski definition) is 1. The van der Waals surface area contributed by atoms with Crippen LogP contribution in [0.15, 0.2) is 60.7 Å². The van der Waals surface area contributed by atoms with Crippen molar-refractivity contribution in [2.75, 3.05) is 6.61 Å². The molecule has 0 heterocycles. The van der Waals surface area contributed by atoms with E-state index in [2.05, 4.69) is 88.4 Å². The summed E-state index contributed by atoms with van der Waals surface area (Å²) in [4.78, 5) is 0. The van der Waals surface area contributed by atoms with Gasteiger partial charge in [0.1, 0.15) is 0 Å². The summed E-state index contributed by atoms with van der Waals surface area (Å²) < 4.78 is 7.03. The molecule has 1 N–H and O–H groups in total. The fraction of sp³-hybridized carbons (Fsp3) is 0.478. The van der Waals surface area contributed by atoms with E-state index in [1.807, 2.05) is 0 Å². The maximum absolute atomic E-state index is 9.00. The van der Waals surface area contributed by atoms with E-state index in [1.54, 1.807) is 0 Å². The van der Waals surface area contributed by atoms with Crippen LogP contribution >= 0.6 is 0 Å². The van der Waals surface area contributed by atoms with Crippen molar-refractivity contribution in [3.05, 3.63) is 60.7 Å². The summed E-state index contributed by atoms with van der Waals surface area (Å²) in [5.41, 5.74) is 0. The van der Waals surface area contributed by atoms with Crippen LogP contribution in [0.5, 0.6) is 0 Å². The fourth-order valence-corrected chi connectivity index (χ4v) is 8.51. The lowest BCUT2D eigenvalue weighted by Crippen LogP contribution is -2.67. The molecule has 0 aliphatic carbocycles. The fourth-order valence-electron chi connectivity index (χ4n) is 3.77. The molecule has 2 rings (SSSR count). The summed E-state index contributed by atoms with van der Waals surface area (Å²) in [7, 11) is -2.43. The quantitative estimate of drug-likeness (QED) is 0.520. The van der Waals surface area contributed by atoms with Crippen molar-refractivity contribution in [1.82, 2.24) is 0 Å². The van der Waals surface area contributed by atoms with Gasteiger partial charge in [-0.05, 0) is 35.2 Å². The van der Waals surface area contributed by atoms with E-state index in [1.165, 1.54) is 10.4 Å². The van der Waals surface area contributed by atoms with Crippen LogP contribution in [0.1, 0.15) is 53.4 Å². The van der Waals surface area contributed by atoms with Crippen molar-refractivity contribution in [3.63, 3.8) is 0 Å². The third-order valence-electron chi connectivity index (χ3n) is 5.06. The zero-order valence-corrected chi connectivity index (χ0v) is 17.7. The van der Waals surface area contributed by atoms with Crippen LogP contribution in [0, 0.1) is 0 Å². The van der Waals surface area contributed by atoms with Crippen LogP contribution in [0.3, 0.4) is 0 Å². The second-order valence-corrected chi connectivity index (χ2v) is 12.4. The lowest BCUT2D eigenvalue weighted by Gasteiger charge is -2.44. The monoisotopic (exact) mass is 370 g/mol. The molecule has 0 fully saturated rings. The molecule has 1 atom stereocenters. The molecule has 26 heavy (non-hydrogen) atoms. The summed E-state index contributed by atoms with van der Waals surface area (Å²) >= 11 is 0. The Kier molecular flexibility index (Phi) is 7.63. The van der Waals surface area contributed by atoms with Gasteiger partial charge in [0, 0.05) is 12.7 Å². The van der Waals surface area contributed by atoms with E-state index >= 15 is 0 Å². The number of aliphatic hydroxyl groups excluding tert-OH is 1. The summed E-state index contributed by atoms with van der Waals surface area (Å²) in [6.07, 6.45) is 4.27. The molecule has 0 saturated heterocycles. The Bertz CT molecular complexity index is 595. The Morgan fingerprint density at radius 1 is 0.846 bits per heavy atom. The SMILES string of the molecule is C[C@H](CCCCCO)O[Si](c1ccccc1)(c1ccccc1)C(C)(C)C. The number of rotatable bonds is 9. The molecule has 0 aliphatic heterocycles. The molecule has 0 unspecified atom stereocenters. The van der Waals surface area contributed by atoms with Gasteiger partial charge in [0.15, 0.2) is 0 Å². The summed E-state index contributed by atoms with van der Waals surface area (Å²) in [6.45, 7) is 9.44. The van der Waals surface area contributed by atoms with Gasteiger partial charge in [-0.2, -0.15) is 0 Å². The van der Waals surface area contributed by atoms with Crippen molar-refractivity contribution in [2.24, 2.45) is 0 Å². The average molecular weight is 371 g/mol. The van der Waals surface area contributed by atoms with Crippen molar-refractivity contribution in [2.45, 2.75) is 64.5 Å². The maximum Gasteiger partial charge on any atom is 0.261 e. The Balaban J connectivity index is 2.41. The van der Waals surface area contributed by atoms with Crippen molar-refractivity contribution in [1.29, 1.82) is 0 Å². The van der Waals surface area contributed by atoms with Gasteiger partial charge >= 0.3 is 0 Å². The van der Waals surface area contributed by atoms with E-state index < -0.39 is 8.32 Å². The van der Waals surface area contributed by atoms with Gasteiger partial charge in [0.25, 0.3) is 8.32 Å². The first-order valence-corrected chi connectivity index (χ1v) is 11.7. The number of hydrogen-bond acceptors (Lipinski definition) is 2. The molecule has 0 amide bonds. The van der Waals surface area contributed by atoms with Gasteiger partial charge in [0.2, 0.25) is 0 Å². The standard InChI is InChI=1S/C23H34O2Si/c1-20(14-8-7-13-19-24)25-26(23(2,3)4,21-15-9-5-10-16-21)22-17-11-6-12-18-22/h5-6,9-12,15-18,20,24H,7-8,13-14,19H2,1-4H3/t20-/m1/s1. The van der Waals surface area contributed by atoms with Crippen molar-refractivity contribution in [3.8, 4) is 0 Å². The van der Waals surface area contributed by atoms with Gasteiger partial charge in [-0.1, -0.05) is 94.3 Å². The molecule has 0 saturated carbocycles. The van der Waals surface area contributed by atoms with Crippen LogP contribution < -0.4 is 10.4 Å². The Morgan fingerprint density at radius 2 is 1.35 bits per heavy atom. The summed E-state index contributed by atoms with van der Waals surface area (Å²) in [5, 5.41) is 11.7. The third kappa shape index (κ3) is 4.85. The van der Waals surface area contributed by atoms with Crippen LogP contribution in [-0.2, 0) is 4.43 Å². The Morgan fingerprint density at radius 3 is 1.77 bits per heavy atom. The van der Waals surface area contributed by atoms with Crippen LogP contribution in [0.25, 0.3) is 0 Å². The van der Waals surface area contributed by atoms with Crippen LogP contribution in [0.2, 0.25) is 5.04 Å². The second-order valence-electron chi connectivity index (χ2n) is 8.16. The first-order valence-electron chi connectivity index (χ1n) is 9.81. The minimum absolute atomic E-state index is 0.0229. The highest BCUT2D eigenvalue weighted by Gasteiger charge is 2.50. The molecule has 2 aromatic rings. The predicted molar refractivity (Wildman–Crippen MR) is 114 cm³/mol. The molecular formula is C23H34O2Si. The highest BCUT2D eigenvalue weighted by molar-refractivity contribution is 6.99. The van der Waals surface area contributed by atoms with Gasteiger partial charge in [-0.3, -0.25) is 0 Å². The average Bonchev–Trinajstić information content (AvgIpc) is 2.64. The van der Waals surface area contributed by atoms with Crippen molar-refractivity contribution < 1.29 is 9.53 Å². The molecule has 0 aromatic heterocycles. The van der Waals surface area contributed by atoms with Crippen LogP contribution in [0.4, 0.5) is 0 Å². The molecule has 0 spiro atoms. The Labute approximate surface area is 160 Å². The molecule has 0 aliphatic rings. The van der Waals surface area contributed by atoms with Gasteiger partial charge in [0.05, 0.1) is 0 Å². The van der Waals surface area contributed by atoms with Gasteiger partial charge in [-0.25, -0.2) is 0 Å². The first kappa shape index (κ1) is 20.9. The lowest BCUT2D eigenvalue weighted by molar-refractivity contribution is 0.190. The summed E-state index contributed by atoms with van der Waals surface area (Å²) in [6, 6.07) is 21.6. The second kappa shape index (κ2) is 9.49. The highest BCUT2D eigenvalue weighted by atomic mass is 28.4. The zero-order valence-electron chi connectivity index (χ0n) is 16.7. The molecular weight excluding hydrogens is 336 g/mol. The largest absolute Gasteiger partial charge is 0.405 e. The van der Waals surface area contributed by atoms with E-state index in [-0.39, 0.29) is 17.7 Å². The number of benzene rings is 2. The molecule has 2 aromatic carbocycles. The van der Waals surface area contributed by atoms with Crippen molar-refractivity contribution >= 4 is 18.7 Å². The van der Waals surface area contributed by atoms with E-state index in [9.17, 15) is 0 Å². The minimum atomic E-state index is -2.43. The lowest BCUT2D eigenvalue weighted by atomic mass is 10.1. The topological polar surface area (TPSA) is 29.5 Å². The van der Waals surface area contributed by atoms with E-state index in [4.69, 9.17) is 9.53 Å². The number of unbranched alkanes of at least 4 members (excludes halogenated alkanes) is 2. The normalized spacial score (nSPS) is 13.6. The highest BCUT2D eigenvalue weighted by Crippen LogP contribution is 2.37. The first-order chi connectivity index (χ1) is 12.4. The van der Waals surface area contributed by atoms with Gasteiger partial charge < -0.3 is 9.53 Å². The molecule has 3 heteroatoms. The smallest absolute Gasteiger partial charge is 0.261 e. The van der Waals surface area contributed by atoms with Gasteiger partial charge in [-0.15, -0.1) is 0 Å². The maximum atomic E-state index is 9.00. The summed E-state index contributed by atoms with van der Waals surface area (Å²) in [5.74, 6) is 0. The molecule has 2 nitrogen and oxygen atoms in total. The molecule has 0 bridgehead atoms. The molecule has 142 valence electrons. The van der Waals surface area contributed by atoms with Crippen LogP contribution in [-0.4, -0.2) is 26.1 Å². The van der Waals surface area contributed by atoms with E-state index in [0.29, 0.717) is 0 Å². The zero-order chi connectivity index (χ0) is 19.0. The minimum Gasteiger partial charge on any atom is -0.405 e.